The van der Waals surface area contributed by atoms with Crippen molar-refractivity contribution in [2.24, 2.45) is 0 Å². The van der Waals surface area contributed by atoms with Gasteiger partial charge in [0.15, 0.2) is 0 Å². The van der Waals surface area contributed by atoms with E-state index in [0.29, 0.717) is 6.42 Å². The van der Waals surface area contributed by atoms with Crippen molar-refractivity contribution >= 4 is 5.91 Å². The molecule has 72 heavy (non-hydrogen) atoms. The molecule has 0 spiro atoms. The van der Waals surface area contributed by atoms with Gasteiger partial charge in [-0.1, -0.05) is 359 Å². The quantitative estimate of drug-likeness (QED) is 0.0420. The number of allylic oxidation sites excluding steroid dienone is 5. The van der Waals surface area contributed by atoms with E-state index in [0.717, 1.165) is 38.5 Å². The molecule has 0 saturated carbocycles. The molecule has 0 bridgehead atoms. The van der Waals surface area contributed by atoms with Crippen LogP contribution >= 0.6 is 0 Å². The van der Waals surface area contributed by atoms with Crippen LogP contribution in [0.3, 0.4) is 0 Å². The molecule has 0 aromatic rings. The summed E-state index contributed by atoms with van der Waals surface area (Å²) in [5.74, 6) is -0.0701. The van der Waals surface area contributed by atoms with Crippen LogP contribution in [0.15, 0.2) is 36.5 Å². The summed E-state index contributed by atoms with van der Waals surface area (Å²) in [6.45, 7) is 4.34. The van der Waals surface area contributed by atoms with Crippen LogP contribution in [-0.2, 0) is 4.79 Å². The van der Waals surface area contributed by atoms with Crippen LogP contribution in [-0.4, -0.2) is 34.9 Å². The molecule has 4 nitrogen and oxygen atoms in total. The van der Waals surface area contributed by atoms with Crippen molar-refractivity contribution in [2.45, 2.75) is 386 Å². The minimum absolute atomic E-state index is 0.0701. The number of hydrogen-bond acceptors (Lipinski definition) is 3. The number of rotatable bonds is 62. The van der Waals surface area contributed by atoms with Gasteiger partial charge in [-0.25, -0.2) is 0 Å². The van der Waals surface area contributed by atoms with Gasteiger partial charge in [0, 0.05) is 6.42 Å². The number of aliphatic hydroxyl groups is 2. The molecule has 1 amide bonds. The molecular weight excluding hydrogens is 879 g/mol. The summed E-state index contributed by atoms with van der Waals surface area (Å²) < 4.78 is 0. The Bertz CT molecular complexity index is 1100. The normalized spacial score (nSPS) is 12.9. The first-order valence-electron chi connectivity index (χ1n) is 33.2. The van der Waals surface area contributed by atoms with Crippen LogP contribution < -0.4 is 5.32 Å². The molecule has 2 atom stereocenters. The molecule has 3 N–H and O–H groups in total. The molecule has 0 radical (unpaired) electrons. The lowest BCUT2D eigenvalue weighted by molar-refractivity contribution is -0.123. The number of hydrogen-bond donors (Lipinski definition) is 3. The zero-order chi connectivity index (χ0) is 52.0. The monoisotopic (exact) mass is 1010 g/mol. The van der Waals surface area contributed by atoms with E-state index in [9.17, 15) is 15.0 Å². The lowest BCUT2D eigenvalue weighted by Crippen LogP contribution is -2.45. The number of aliphatic hydroxyl groups excluding tert-OH is 2. The predicted molar refractivity (Wildman–Crippen MR) is 322 cm³/mol. The van der Waals surface area contributed by atoms with E-state index < -0.39 is 12.1 Å². The highest BCUT2D eigenvalue weighted by Crippen LogP contribution is 2.19. The van der Waals surface area contributed by atoms with E-state index >= 15 is 0 Å². The third-order valence-electron chi connectivity index (χ3n) is 15.6. The SMILES string of the molecule is CCCCCCCCCCCCCCCCCCCCCCCCC/C=C/CC/C=C/CC/C=C/C(O)C(CO)NC(=O)CCCCCCCCCCCCCCCCCCCCCCCCCCCCC. The molecule has 0 aliphatic rings. The molecule has 0 aliphatic carbocycles. The highest BCUT2D eigenvalue weighted by atomic mass is 16.3. The first-order valence-corrected chi connectivity index (χ1v) is 33.2. The Hall–Kier alpha value is -1.39. The Morgan fingerprint density at radius 2 is 0.542 bits per heavy atom. The van der Waals surface area contributed by atoms with E-state index in [-0.39, 0.29) is 12.5 Å². The summed E-state index contributed by atoms with van der Waals surface area (Å²) in [6.07, 6.45) is 88.0. The Labute approximate surface area is 452 Å². The fourth-order valence-electron chi connectivity index (χ4n) is 10.6. The van der Waals surface area contributed by atoms with Gasteiger partial charge in [-0.05, 0) is 44.9 Å². The van der Waals surface area contributed by atoms with Gasteiger partial charge in [0.25, 0.3) is 0 Å². The van der Waals surface area contributed by atoms with Crippen molar-refractivity contribution in [2.75, 3.05) is 6.61 Å². The number of carbonyl (C=O) groups is 1. The van der Waals surface area contributed by atoms with Crippen LogP contribution in [0.25, 0.3) is 0 Å². The zero-order valence-electron chi connectivity index (χ0n) is 49.2. The molecule has 426 valence electrons. The van der Waals surface area contributed by atoms with E-state index in [2.05, 4.69) is 43.5 Å². The maximum absolute atomic E-state index is 12.5. The molecule has 4 heteroatoms. The summed E-state index contributed by atoms with van der Waals surface area (Å²) in [4.78, 5) is 12.5. The summed E-state index contributed by atoms with van der Waals surface area (Å²) in [5.41, 5.74) is 0. The Kier molecular flexibility index (Phi) is 62.7. The van der Waals surface area contributed by atoms with Crippen molar-refractivity contribution in [3.05, 3.63) is 36.5 Å². The third-order valence-corrected chi connectivity index (χ3v) is 15.6. The molecule has 0 saturated heterocycles. The van der Waals surface area contributed by atoms with Crippen LogP contribution in [0.5, 0.6) is 0 Å². The van der Waals surface area contributed by atoms with Gasteiger partial charge in [-0.3, -0.25) is 4.79 Å². The van der Waals surface area contributed by atoms with Crippen LogP contribution in [0, 0.1) is 0 Å². The largest absolute Gasteiger partial charge is 0.394 e. The highest BCUT2D eigenvalue weighted by molar-refractivity contribution is 5.76. The average Bonchev–Trinajstić information content (AvgIpc) is 3.39. The predicted octanol–water partition coefficient (Wildman–Crippen LogP) is 22.4. The van der Waals surface area contributed by atoms with Crippen molar-refractivity contribution in [3.8, 4) is 0 Å². The smallest absolute Gasteiger partial charge is 0.220 e. The topological polar surface area (TPSA) is 69.6 Å². The third kappa shape index (κ3) is 59.5. The number of amides is 1. The molecule has 2 unspecified atom stereocenters. The maximum Gasteiger partial charge on any atom is 0.220 e. The zero-order valence-corrected chi connectivity index (χ0v) is 49.2. The molecule has 0 fully saturated rings. The molecule has 0 heterocycles. The standard InChI is InChI=1S/C68H131NO3/c1-3-5-7-9-11-13-15-17-19-21-23-25-27-29-31-32-33-34-35-36-38-39-41-43-45-47-49-51-53-55-57-59-61-63-67(71)66(65-70)69-68(72)64-62-60-58-56-54-52-50-48-46-44-42-40-37-30-28-26-24-22-20-18-16-14-12-10-8-6-4-2/h45,47,53,55,61,63,66-67,70-71H,3-44,46,48-52,54,56-60,62,64-65H2,1-2H3,(H,69,72)/b47-45+,55-53+,63-61+. The van der Waals surface area contributed by atoms with Crippen LogP contribution in [0.4, 0.5) is 0 Å². The van der Waals surface area contributed by atoms with Crippen LogP contribution in [0.1, 0.15) is 373 Å². The van der Waals surface area contributed by atoms with Crippen molar-refractivity contribution in [1.82, 2.24) is 5.32 Å². The van der Waals surface area contributed by atoms with Crippen molar-refractivity contribution in [3.63, 3.8) is 0 Å². The minimum atomic E-state index is -0.870. The lowest BCUT2D eigenvalue weighted by Gasteiger charge is -2.19. The fourth-order valence-corrected chi connectivity index (χ4v) is 10.6. The second kappa shape index (κ2) is 63.9. The molecule has 0 aliphatic heterocycles. The Balaban J connectivity index is 3.48. The Morgan fingerprint density at radius 3 is 0.806 bits per heavy atom. The average molecular weight is 1010 g/mol. The second-order valence-corrected chi connectivity index (χ2v) is 22.9. The lowest BCUT2D eigenvalue weighted by atomic mass is 10.0. The molecule has 0 rings (SSSR count). The van der Waals surface area contributed by atoms with E-state index in [1.165, 1.54) is 315 Å². The molecule has 0 aromatic heterocycles. The van der Waals surface area contributed by atoms with Gasteiger partial charge in [-0.15, -0.1) is 0 Å². The van der Waals surface area contributed by atoms with Gasteiger partial charge in [-0.2, -0.15) is 0 Å². The van der Waals surface area contributed by atoms with E-state index in [1.807, 2.05) is 6.08 Å². The first-order chi connectivity index (χ1) is 35.7. The number of unbranched alkanes of at least 4 members (excludes halogenated alkanes) is 51. The van der Waals surface area contributed by atoms with Crippen molar-refractivity contribution in [1.29, 1.82) is 0 Å². The van der Waals surface area contributed by atoms with Gasteiger partial charge in [0.05, 0.1) is 18.8 Å². The highest BCUT2D eigenvalue weighted by Gasteiger charge is 2.18. The second-order valence-electron chi connectivity index (χ2n) is 22.9. The Morgan fingerprint density at radius 1 is 0.319 bits per heavy atom. The fraction of sp³-hybridized carbons (Fsp3) is 0.897. The van der Waals surface area contributed by atoms with Crippen LogP contribution in [0.2, 0.25) is 0 Å². The van der Waals surface area contributed by atoms with Gasteiger partial charge < -0.3 is 15.5 Å². The van der Waals surface area contributed by atoms with Crippen molar-refractivity contribution < 1.29 is 15.0 Å². The first kappa shape index (κ1) is 70.6. The van der Waals surface area contributed by atoms with Gasteiger partial charge in [0.1, 0.15) is 0 Å². The molecular formula is C68H131NO3. The van der Waals surface area contributed by atoms with Gasteiger partial charge >= 0.3 is 0 Å². The summed E-state index contributed by atoms with van der Waals surface area (Å²) >= 11 is 0. The summed E-state index contributed by atoms with van der Waals surface area (Å²) in [7, 11) is 0. The van der Waals surface area contributed by atoms with E-state index in [4.69, 9.17) is 0 Å². The number of nitrogens with one attached hydrogen (secondary N) is 1. The van der Waals surface area contributed by atoms with E-state index in [1.54, 1.807) is 6.08 Å². The summed E-state index contributed by atoms with van der Waals surface area (Å²) in [5, 5.41) is 23.2. The maximum atomic E-state index is 12.5. The minimum Gasteiger partial charge on any atom is -0.394 e. The number of carbonyl (C=O) groups excluding carboxylic acids is 1. The van der Waals surface area contributed by atoms with Gasteiger partial charge in [0.2, 0.25) is 5.91 Å². The molecule has 0 aromatic carbocycles. The summed E-state index contributed by atoms with van der Waals surface area (Å²) in [6, 6.07) is -0.645.